The maximum absolute atomic E-state index is 5.06. The summed E-state index contributed by atoms with van der Waals surface area (Å²) in [6.07, 6.45) is 0. The Bertz CT molecular complexity index is 5410. The van der Waals surface area contributed by atoms with Crippen molar-refractivity contribution in [3.8, 4) is 102 Å². The Balaban J connectivity index is 0.000000141. The molecule has 0 unspecified atom stereocenters. The van der Waals surface area contributed by atoms with Gasteiger partial charge in [-0.15, -0.1) is 0 Å². The van der Waals surface area contributed by atoms with E-state index < -0.39 is 0 Å². The van der Waals surface area contributed by atoms with Crippen molar-refractivity contribution in [3.63, 3.8) is 0 Å². The summed E-state index contributed by atoms with van der Waals surface area (Å²) < 4.78 is 4.85. The fraction of sp³-hybridized carbons (Fsp3) is 0.0706. The van der Waals surface area contributed by atoms with E-state index in [0.29, 0.717) is 23.3 Å². The Morgan fingerprint density at radius 1 is 0.261 bits per heavy atom. The quantitative estimate of drug-likeness (QED) is 0.152. The molecule has 0 N–H and O–H groups in total. The van der Waals surface area contributed by atoms with Crippen molar-refractivity contribution < 1.29 is 0 Å². The minimum Gasteiger partial charge on any atom is -0.309 e. The molecule has 0 amide bonds. The average molecular weight is 1180 g/mol. The SMILES string of the molecule is CC1(C)c2ccccc2-c2ccc3c(c21)c1ccccc1n3-c1ccc(-c2nc(-c3ccccc3)nc(-c3ccccc3)n2)cc1.CC1(C)c2ccccc2-c2ccc3c4ccccc4n(-c4ccc(-c5nc(-c6ccccc6)cc(-c6ccccc6)n5)cc4)c3c21. The summed E-state index contributed by atoms with van der Waals surface area (Å²) in [6, 6.07) is 105. The van der Waals surface area contributed by atoms with E-state index in [1.54, 1.807) is 0 Å². The molecule has 92 heavy (non-hydrogen) atoms. The van der Waals surface area contributed by atoms with E-state index in [0.717, 1.165) is 56.1 Å². The molecular formula is C85H61N7. The summed E-state index contributed by atoms with van der Waals surface area (Å²) in [5.41, 5.74) is 25.6. The van der Waals surface area contributed by atoms with Gasteiger partial charge in [-0.05, 0) is 117 Å². The van der Waals surface area contributed by atoms with Gasteiger partial charge in [0.2, 0.25) is 0 Å². The van der Waals surface area contributed by atoms with Crippen molar-refractivity contribution in [3.05, 3.63) is 320 Å². The number of rotatable bonds is 8. The molecule has 0 spiro atoms. The second-order valence-electron chi connectivity index (χ2n) is 25.1. The lowest BCUT2D eigenvalue weighted by atomic mass is 9.80. The molecule has 0 radical (unpaired) electrons. The molecule has 0 saturated carbocycles. The van der Waals surface area contributed by atoms with Crippen LogP contribution in [0.25, 0.3) is 145 Å². The van der Waals surface area contributed by atoms with E-state index in [-0.39, 0.29) is 10.8 Å². The molecule has 0 atom stereocenters. The first-order valence-electron chi connectivity index (χ1n) is 31.6. The first kappa shape index (κ1) is 54.5. The van der Waals surface area contributed by atoms with Crippen LogP contribution in [0.1, 0.15) is 49.9 Å². The van der Waals surface area contributed by atoms with Gasteiger partial charge in [0, 0.05) is 77.1 Å². The predicted molar refractivity (Wildman–Crippen MR) is 378 cm³/mol. The van der Waals surface area contributed by atoms with Crippen LogP contribution in [0.3, 0.4) is 0 Å². The van der Waals surface area contributed by atoms with Crippen LogP contribution < -0.4 is 0 Å². The second-order valence-corrected chi connectivity index (χ2v) is 25.1. The Morgan fingerprint density at radius 2 is 0.641 bits per heavy atom. The van der Waals surface area contributed by atoms with Crippen LogP contribution in [0.15, 0.2) is 297 Å². The lowest BCUT2D eigenvalue weighted by Crippen LogP contribution is -2.16. The van der Waals surface area contributed by atoms with Gasteiger partial charge in [-0.1, -0.05) is 252 Å². The van der Waals surface area contributed by atoms with Crippen LogP contribution in [-0.4, -0.2) is 34.1 Å². The zero-order chi connectivity index (χ0) is 61.7. The Morgan fingerprint density at radius 3 is 1.16 bits per heavy atom. The lowest BCUT2D eigenvalue weighted by Gasteiger charge is -2.23. The fourth-order valence-electron chi connectivity index (χ4n) is 14.7. The van der Waals surface area contributed by atoms with Crippen molar-refractivity contribution in [2.24, 2.45) is 0 Å². The second kappa shape index (κ2) is 21.5. The van der Waals surface area contributed by atoms with Gasteiger partial charge in [0.15, 0.2) is 23.3 Å². The summed E-state index contributed by atoms with van der Waals surface area (Å²) >= 11 is 0. The molecule has 16 aromatic rings. The number of aromatic nitrogens is 7. The summed E-state index contributed by atoms with van der Waals surface area (Å²) in [4.78, 5) is 24.9. The Kier molecular flexibility index (Phi) is 12.8. The van der Waals surface area contributed by atoms with Crippen LogP contribution in [0, 0.1) is 0 Å². The molecule has 436 valence electrons. The van der Waals surface area contributed by atoms with Crippen LogP contribution in [0.2, 0.25) is 0 Å². The number of hydrogen-bond acceptors (Lipinski definition) is 5. The third kappa shape index (κ3) is 8.83. The summed E-state index contributed by atoms with van der Waals surface area (Å²) in [6.45, 7) is 9.45. The normalized spacial score (nSPS) is 13.2. The third-order valence-corrected chi connectivity index (χ3v) is 19.0. The highest BCUT2D eigenvalue weighted by atomic mass is 15.0. The van der Waals surface area contributed by atoms with Crippen LogP contribution in [0.5, 0.6) is 0 Å². The van der Waals surface area contributed by atoms with Crippen molar-refractivity contribution in [1.29, 1.82) is 0 Å². The lowest BCUT2D eigenvalue weighted by molar-refractivity contribution is 0.664. The van der Waals surface area contributed by atoms with Gasteiger partial charge in [-0.3, -0.25) is 0 Å². The van der Waals surface area contributed by atoms with Crippen LogP contribution >= 0.6 is 0 Å². The molecule has 0 saturated heterocycles. The number of benzene rings is 12. The third-order valence-electron chi connectivity index (χ3n) is 19.0. The van der Waals surface area contributed by atoms with Gasteiger partial charge < -0.3 is 9.13 Å². The maximum atomic E-state index is 5.06. The number of para-hydroxylation sites is 2. The van der Waals surface area contributed by atoms with Gasteiger partial charge in [-0.25, -0.2) is 24.9 Å². The van der Waals surface area contributed by atoms with Gasteiger partial charge in [-0.2, -0.15) is 0 Å². The molecule has 0 fully saturated rings. The molecule has 2 aliphatic rings. The maximum Gasteiger partial charge on any atom is 0.164 e. The Labute approximate surface area is 534 Å². The molecule has 7 nitrogen and oxygen atoms in total. The van der Waals surface area contributed by atoms with E-state index in [1.807, 2.05) is 72.8 Å². The molecule has 7 heteroatoms. The largest absolute Gasteiger partial charge is 0.309 e. The summed E-state index contributed by atoms with van der Waals surface area (Å²) in [5, 5.41) is 5.15. The topological polar surface area (TPSA) is 74.3 Å². The molecule has 12 aromatic carbocycles. The standard InChI is InChI=1S/C43H31N3.C42H30N4/c1-43(2)36-19-11-9-17-32(36)34-25-26-35-33-18-10-12-20-39(33)46(41(35)40(34)43)31-23-21-30(22-24-31)42-44-37(28-13-5-3-6-14-28)27-38(45-42)29-15-7-4-8-16-29;1-42(2)34-19-11-9-17-31(34)32-25-26-36-37(38(32)42)33-18-10-12-20-35(33)46(36)30-23-21-29(22-24-30)41-44-39(27-13-5-3-6-14-27)43-40(45-41)28-15-7-4-8-16-28/h3-27H,1-2H3;3-26H,1-2H3. The number of fused-ring (bicyclic) bond motifs is 14. The highest BCUT2D eigenvalue weighted by molar-refractivity contribution is 6.15. The van der Waals surface area contributed by atoms with E-state index in [9.17, 15) is 0 Å². The summed E-state index contributed by atoms with van der Waals surface area (Å²) in [7, 11) is 0. The monoisotopic (exact) mass is 1180 g/mol. The van der Waals surface area contributed by atoms with Gasteiger partial charge in [0.05, 0.1) is 33.5 Å². The van der Waals surface area contributed by atoms with Crippen LogP contribution in [0.4, 0.5) is 0 Å². The van der Waals surface area contributed by atoms with E-state index in [1.165, 1.54) is 88.1 Å². The number of nitrogens with zero attached hydrogens (tertiary/aromatic N) is 7. The molecule has 0 bridgehead atoms. The highest BCUT2D eigenvalue weighted by Gasteiger charge is 2.40. The van der Waals surface area contributed by atoms with Gasteiger partial charge in [0.25, 0.3) is 0 Å². The molecule has 4 heterocycles. The average Bonchev–Trinajstić information content (AvgIpc) is 1.55. The van der Waals surface area contributed by atoms with E-state index in [4.69, 9.17) is 24.9 Å². The van der Waals surface area contributed by atoms with Crippen molar-refractivity contribution >= 4 is 43.6 Å². The summed E-state index contributed by atoms with van der Waals surface area (Å²) in [5.74, 6) is 2.69. The first-order chi connectivity index (χ1) is 45.2. The molecule has 0 aliphatic heterocycles. The first-order valence-corrected chi connectivity index (χ1v) is 31.6. The Hall–Kier alpha value is -11.7. The van der Waals surface area contributed by atoms with Crippen LogP contribution in [-0.2, 0) is 10.8 Å². The van der Waals surface area contributed by atoms with Gasteiger partial charge >= 0.3 is 0 Å². The predicted octanol–water partition coefficient (Wildman–Crippen LogP) is 21.2. The molecule has 18 rings (SSSR count). The molecular weight excluding hydrogens is 1120 g/mol. The minimum absolute atomic E-state index is 0.101. The minimum atomic E-state index is -0.128. The van der Waals surface area contributed by atoms with Crippen molar-refractivity contribution in [1.82, 2.24) is 34.1 Å². The molecule has 4 aromatic heterocycles. The highest BCUT2D eigenvalue weighted by Crippen LogP contribution is 2.55. The zero-order valence-corrected chi connectivity index (χ0v) is 51.4. The van der Waals surface area contributed by atoms with Crippen molar-refractivity contribution in [2.75, 3.05) is 0 Å². The number of hydrogen-bond donors (Lipinski definition) is 0. The molecule has 2 aliphatic carbocycles. The van der Waals surface area contributed by atoms with E-state index in [2.05, 4.69) is 261 Å². The fourth-order valence-corrected chi connectivity index (χ4v) is 14.7. The zero-order valence-electron chi connectivity index (χ0n) is 51.4. The van der Waals surface area contributed by atoms with E-state index >= 15 is 0 Å². The smallest absolute Gasteiger partial charge is 0.164 e. The van der Waals surface area contributed by atoms with Crippen molar-refractivity contribution in [2.45, 2.75) is 38.5 Å². The van der Waals surface area contributed by atoms with Gasteiger partial charge in [0.1, 0.15) is 0 Å².